The lowest BCUT2D eigenvalue weighted by Crippen LogP contribution is -2.34. The van der Waals surface area contributed by atoms with Crippen molar-refractivity contribution >= 4 is 22.6 Å². The molecule has 24 heavy (non-hydrogen) atoms. The molecule has 2 aromatic rings. The van der Waals surface area contributed by atoms with Gasteiger partial charge in [-0.1, -0.05) is 32.0 Å². The van der Waals surface area contributed by atoms with E-state index in [1.165, 1.54) is 0 Å². The van der Waals surface area contributed by atoms with Crippen molar-refractivity contribution in [2.75, 3.05) is 13.2 Å². The van der Waals surface area contributed by atoms with Crippen LogP contribution < -0.4 is 5.32 Å². The molecule has 3 rings (SSSR count). The first-order valence-corrected chi connectivity index (χ1v) is 8.56. The molecule has 0 aliphatic carbocycles. The van der Waals surface area contributed by atoms with E-state index in [4.69, 9.17) is 4.74 Å². The van der Waals surface area contributed by atoms with Crippen molar-refractivity contribution in [2.45, 2.75) is 39.3 Å². The molecule has 2 heterocycles. The van der Waals surface area contributed by atoms with E-state index in [1.807, 2.05) is 42.7 Å². The number of para-hydroxylation sites is 1. The average Bonchev–Trinajstić information content (AvgIpc) is 3.20. The highest BCUT2D eigenvalue weighted by Crippen LogP contribution is 2.23. The third-order valence-corrected chi connectivity index (χ3v) is 4.44. The van der Waals surface area contributed by atoms with Crippen LogP contribution in [0.3, 0.4) is 0 Å². The van der Waals surface area contributed by atoms with Crippen LogP contribution in [0.15, 0.2) is 30.5 Å². The van der Waals surface area contributed by atoms with E-state index in [9.17, 15) is 9.59 Å². The molecule has 1 aliphatic rings. The fraction of sp³-hybridized carbons (Fsp3) is 0.474. The molecule has 1 saturated heterocycles. The Morgan fingerprint density at radius 2 is 2.12 bits per heavy atom. The number of nitrogens with one attached hydrogen (secondary N) is 1. The van der Waals surface area contributed by atoms with Gasteiger partial charge in [0.25, 0.3) is 0 Å². The molecule has 5 heteroatoms. The molecule has 0 radical (unpaired) electrons. The Balaban J connectivity index is 1.76. The van der Waals surface area contributed by atoms with Gasteiger partial charge in [0, 0.05) is 41.7 Å². The minimum atomic E-state index is -0.0717. The third-order valence-electron chi connectivity index (χ3n) is 4.44. The molecule has 0 unspecified atom stereocenters. The summed E-state index contributed by atoms with van der Waals surface area (Å²) in [5, 5.41) is 3.84. The maximum Gasteiger partial charge on any atom is 0.240 e. The number of hydrogen-bond donors (Lipinski definition) is 1. The SMILES string of the molecule is CC(C)C(=O)c1cn(CC(=O)NC[C@@H]2CCCO2)c2ccccc12. The Hall–Kier alpha value is -2.14. The van der Waals surface area contributed by atoms with Crippen LogP contribution in [0.4, 0.5) is 0 Å². The standard InChI is InChI=1S/C19H24N2O3/c1-13(2)19(23)16-11-21(17-8-4-3-7-15(16)17)12-18(22)20-10-14-6-5-9-24-14/h3-4,7-8,11,13-14H,5-6,9-10,12H2,1-2H3,(H,20,22)/t14-/m0/s1. The molecular formula is C19H24N2O3. The zero-order valence-electron chi connectivity index (χ0n) is 14.2. The van der Waals surface area contributed by atoms with Crippen LogP contribution in [-0.2, 0) is 16.1 Å². The van der Waals surface area contributed by atoms with E-state index >= 15 is 0 Å². The second-order valence-corrected chi connectivity index (χ2v) is 6.65. The summed E-state index contributed by atoms with van der Waals surface area (Å²) in [7, 11) is 0. The number of ketones is 1. The van der Waals surface area contributed by atoms with Crippen molar-refractivity contribution in [1.82, 2.24) is 9.88 Å². The van der Waals surface area contributed by atoms with Crippen LogP contribution in [0.2, 0.25) is 0 Å². The second kappa shape index (κ2) is 7.18. The van der Waals surface area contributed by atoms with Crippen molar-refractivity contribution in [3.8, 4) is 0 Å². The molecule has 0 bridgehead atoms. The highest BCUT2D eigenvalue weighted by atomic mass is 16.5. The van der Waals surface area contributed by atoms with E-state index in [-0.39, 0.29) is 30.3 Å². The van der Waals surface area contributed by atoms with Crippen LogP contribution >= 0.6 is 0 Å². The molecule has 1 aromatic heterocycles. The number of carbonyl (C=O) groups is 2. The van der Waals surface area contributed by atoms with Crippen molar-refractivity contribution in [3.63, 3.8) is 0 Å². The van der Waals surface area contributed by atoms with Gasteiger partial charge in [-0.2, -0.15) is 0 Å². The van der Waals surface area contributed by atoms with E-state index in [0.717, 1.165) is 30.4 Å². The lowest BCUT2D eigenvalue weighted by molar-refractivity contribution is -0.122. The Kier molecular flexibility index (Phi) is 5.00. The first kappa shape index (κ1) is 16.7. The van der Waals surface area contributed by atoms with E-state index in [1.54, 1.807) is 6.20 Å². The summed E-state index contributed by atoms with van der Waals surface area (Å²) in [6, 6.07) is 7.72. The number of Topliss-reactive ketones (excluding diaryl/α,β-unsaturated/α-hetero) is 1. The summed E-state index contributed by atoms with van der Waals surface area (Å²) in [5.74, 6) is -0.0305. The molecule has 5 nitrogen and oxygen atoms in total. The predicted molar refractivity (Wildman–Crippen MR) is 93.1 cm³/mol. The van der Waals surface area contributed by atoms with Gasteiger partial charge in [-0.05, 0) is 18.9 Å². The maximum atomic E-state index is 12.4. The number of nitrogens with zero attached hydrogens (tertiary/aromatic N) is 1. The molecule has 1 N–H and O–H groups in total. The number of hydrogen-bond acceptors (Lipinski definition) is 3. The van der Waals surface area contributed by atoms with E-state index < -0.39 is 0 Å². The molecule has 0 spiro atoms. The van der Waals surface area contributed by atoms with Gasteiger partial charge >= 0.3 is 0 Å². The first-order valence-electron chi connectivity index (χ1n) is 8.56. The normalized spacial score (nSPS) is 17.5. The average molecular weight is 328 g/mol. The largest absolute Gasteiger partial charge is 0.376 e. The van der Waals surface area contributed by atoms with Crippen LogP contribution in [0.25, 0.3) is 10.9 Å². The van der Waals surface area contributed by atoms with Gasteiger partial charge < -0.3 is 14.6 Å². The number of rotatable bonds is 6. The lowest BCUT2D eigenvalue weighted by atomic mass is 10.0. The maximum absolute atomic E-state index is 12.4. The van der Waals surface area contributed by atoms with Crippen LogP contribution in [0.1, 0.15) is 37.0 Å². The lowest BCUT2D eigenvalue weighted by Gasteiger charge is -2.11. The van der Waals surface area contributed by atoms with Gasteiger partial charge in [-0.3, -0.25) is 9.59 Å². The summed E-state index contributed by atoms with van der Waals surface area (Å²) in [6.07, 6.45) is 4.00. The Morgan fingerprint density at radius 3 is 2.83 bits per heavy atom. The van der Waals surface area contributed by atoms with Gasteiger partial charge in [-0.15, -0.1) is 0 Å². The number of aromatic nitrogens is 1. The molecule has 1 amide bonds. The highest BCUT2D eigenvalue weighted by molar-refractivity contribution is 6.09. The van der Waals surface area contributed by atoms with Gasteiger partial charge in [0.15, 0.2) is 5.78 Å². The second-order valence-electron chi connectivity index (χ2n) is 6.65. The predicted octanol–water partition coefficient (Wildman–Crippen LogP) is 2.78. The molecule has 128 valence electrons. The van der Waals surface area contributed by atoms with E-state index in [0.29, 0.717) is 12.1 Å². The number of ether oxygens (including phenoxy) is 1. The van der Waals surface area contributed by atoms with Gasteiger partial charge in [0.2, 0.25) is 5.91 Å². The zero-order chi connectivity index (χ0) is 17.1. The first-order chi connectivity index (χ1) is 11.6. The monoisotopic (exact) mass is 328 g/mol. The molecule has 1 fully saturated rings. The minimum Gasteiger partial charge on any atom is -0.376 e. The number of amides is 1. The van der Waals surface area contributed by atoms with Crippen molar-refractivity contribution in [3.05, 3.63) is 36.0 Å². The number of carbonyl (C=O) groups excluding carboxylic acids is 2. The van der Waals surface area contributed by atoms with Crippen LogP contribution in [0.5, 0.6) is 0 Å². The zero-order valence-corrected chi connectivity index (χ0v) is 14.2. The fourth-order valence-electron chi connectivity index (χ4n) is 3.13. The van der Waals surface area contributed by atoms with Gasteiger partial charge in [0.05, 0.1) is 6.10 Å². The number of fused-ring (bicyclic) bond motifs is 1. The Bertz CT molecular complexity index is 742. The molecule has 1 atom stereocenters. The smallest absolute Gasteiger partial charge is 0.240 e. The summed E-state index contributed by atoms with van der Waals surface area (Å²) in [4.78, 5) is 24.7. The molecule has 1 aromatic carbocycles. The van der Waals surface area contributed by atoms with Crippen molar-refractivity contribution < 1.29 is 14.3 Å². The summed E-state index contributed by atoms with van der Waals surface area (Å²) in [5.41, 5.74) is 1.60. The molecule has 1 aliphatic heterocycles. The van der Waals surface area contributed by atoms with Crippen molar-refractivity contribution in [1.29, 1.82) is 0 Å². The molecule has 0 saturated carbocycles. The fourth-order valence-corrected chi connectivity index (χ4v) is 3.13. The molecular weight excluding hydrogens is 304 g/mol. The summed E-state index contributed by atoms with van der Waals surface area (Å²) in [6.45, 7) is 5.32. The summed E-state index contributed by atoms with van der Waals surface area (Å²) < 4.78 is 7.38. The Labute approximate surface area is 142 Å². The van der Waals surface area contributed by atoms with Gasteiger partial charge in [0.1, 0.15) is 6.54 Å². The van der Waals surface area contributed by atoms with E-state index in [2.05, 4.69) is 5.32 Å². The van der Waals surface area contributed by atoms with Crippen LogP contribution in [0, 0.1) is 5.92 Å². The topological polar surface area (TPSA) is 60.3 Å². The quantitative estimate of drug-likeness (QED) is 0.830. The minimum absolute atomic E-state index is 0.0604. The summed E-state index contributed by atoms with van der Waals surface area (Å²) >= 11 is 0. The van der Waals surface area contributed by atoms with Gasteiger partial charge in [-0.25, -0.2) is 0 Å². The van der Waals surface area contributed by atoms with Crippen molar-refractivity contribution in [2.24, 2.45) is 5.92 Å². The van der Waals surface area contributed by atoms with Crippen LogP contribution in [-0.4, -0.2) is 35.5 Å². The number of benzene rings is 1. The Morgan fingerprint density at radius 1 is 1.33 bits per heavy atom. The third kappa shape index (κ3) is 3.51. The highest BCUT2D eigenvalue weighted by Gasteiger charge is 2.19.